The number of rotatable bonds is 20. The van der Waals surface area contributed by atoms with E-state index in [-0.39, 0.29) is 44.3 Å². The zero-order chi connectivity index (χ0) is 42.3. The smallest absolute Gasteiger partial charge is 0.408 e. The van der Waals surface area contributed by atoms with Crippen LogP contribution in [0.25, 0.3) is 21.5 Å². The molecule has 0 saturated heterocycles. The van der Waals surface area contributed by atoms with Crippen molar-refractivity contribution >= 4 is 45.4 Å². The molecule has 0 aliphatic rings. The van der Waals surface area contributed by atoms with Crippen LogP contribution in [0.2, 0.25) is 0 Å². The van der Waals surface area contributed by atoms with Gasteiger partial charge in [0.05, 0.1) is 31.2 Å². The number of carbonyl (C=O) groups excluding carboxylic acids is 4. The minimum Gasteiger partial charge on any atom is -0.445 e. The summed E-state index contributed by atoms with van der Waals surface area (Å²) >= 11 is 0. The summed E-state index contributed by atoms with van der Waals surface area (Å²) in [5.41, 5.74) is 2.41. The first-order chi connectivity index (χ1) is 28.4. The van der Waals surface area contributed by atoms with Crippen LogP contribution in [0.3, 0.4) is 0 Å². The van der Waals surface area contributed by atoms with Crippen molar-refractivity contribution in [2.45, 2.75) is 96.7 Å². The van der Waals surface area contributed by atoms with Crippen LogP contribution < -0.4 is 21.3 Å². The molecule has 0 heterocycles. The third-order valence-corrected chi connectivity index (χ3v) is 10.8. The highest BCUT2D eigenvalue weighted by molar-refractivity contribution is 5.94. The standard InChI is InChI=1S/C48H58N4O7/c1-5-32(4)43(29-53)49-45(55)28-44(54)40(25-31(2)3)50-46(56)41(26-36-21-13-19-34-17-9-11-23-38(34)36)51-47(57)42(52-48(58)59-30-33-15-7-6-8-16-33)27-37-22-14-20-35-18-10-12-24-39(35)37/h6-24,31-32,40-44,53-54H,5,25-30H2,1-4H3,(H,49,55)(H,50,56)(H,51,57)(H,52,58)/t32?,40?,41-,42-,43+,44?/m0/s1. The van der Waals surface area contributed by atoms with E-state index in [1.54, 1.807) is 0 Å². The number of ether oxygens (including phenoxy) is 1. The van der Waals surface area contributed by atoms with Gasteiger partial charge in [-0.15, -0.1) is 0 Å². The summed E-state index contributed by atoms with van der Waals surface area (Å²) in [6, 6.07) is 32.7. The van der Waals surface area contributed by atoms with Crippen molar-refractivity contribution in [3.8, 4) is 0 Å². The van der Waals surface area contributed by atoms with E-state index in [9.17, 15) is 29.4 Å². The molecular formula is C48H58N4O7. The van der Waals surface area contributed by atoms with Gasteiger partial charge in [-0.25, -0.2) is 4.79 Å². The van der Waals surface area contributed by atoms with Gasteiger partial charge in [0.25, 0.3) is 0 Å². The molecule has 0 radical (unpaired) electrons. The number of benzene rings is 5. The number of nitrogens with one attached hydrogen (secondary N) is 4. The van der Waals surface area contributed by atoms with Gasteiger partial charge in [-0.3, -0.25) is 14.4 Å². The van der Waals surface area contributed by atoms with Crippen molar-refractivity contribution in [2.75, 3.05) is 6.61 Å². The molecule has 59 heavy (non-hydrogen) atoms. The quantitative estimate of drug-likeness (QED) is 0.0533. The Bertz CT molecular complexity index is 2150. The molecule has 6 N–H and O–H groups in total. The molecule has 0 aliphatic heterocycles. The maximum atomic E-state index is 14.5. The normalized spacial score (nSPS) is 14.4. The van der Waals surface area contributed by atoms with Crippen LogP contribution in [0.1, 0.15) is 63.6 Å². The lowest BCUT2D eigenvalue weighted by molar-refractivity contribution is -0.131. The van der Waals surface area contributed by atoms with E-state index in [1.807, 2.05) is 143 Å². The first-order valence-electron chi connectivity index (χ1n) is 20.5. The van der Waals surface area contributed by atoms with Crippen molar-refractivity contribution < 1.29 is 34.1 Å². The Kier molecular flexibility index (Phi) is 16.4. The second-order valence-electron chi connectivity index (χ2n) is 15.8. The lowest BCUT2D eigenvalue weighted by atomic mass is 9.94. The van der Waals surface area contributed by atoms with Crippen molar-refractivity contribution in [3.05, 3.63) is 132 Å². The molecule has 5 aromatic rings. The summed E-state index contributed by atoms with van der Waals surface area (Å²) in [7, 11) is 0. The first-order valence-corrected chi connectivity index (χ1v) is 20.5. The van der Waals surface area contributed by atoms with Crippen LogP contribution in [0.5, 0.6) is 0 Å². The molecule has 5 rings (SSSR count). The molecule has 0 bridgehead atoms. The Labute approximate surface area is 346 Å². The van der Waals surface area contributed by atoms with E-state index < -0.39 is 54.1 Å². The zero-order valence-corrected chi connectivity index (χ0v) is 34.4. The van der Waals surface area contributed by atoms with Gasteiger partial charge in [0, 0.05) is 12.8 Å². The van der Waals surface area contributed by atoms with Crippen LogP contribution in [0, 0.1) is 11.8 Å². The van der Waals surface area contributed by atoms with Gasteiger partial charge in [-0.05, 0) is 56.5 Å². The van der Waals surface area contributed by atoms with E-state index in [0.29, 0.717) is 6.42 Å². The highest BCUT2D eigenvalue weighted by Crippen LogP contribution is 2.23. The molecule has 11 nitrogen and oxygen atoms in total. The summed E-state index contributed by atoms with van der Waals surface area (Å²) in [4.78, 5) is 55.5. The fraction of sp³-hybridized carbons (Fsp3) is 0.375. The van der Waals surface area contributed by atoms with Crippen molar-refractivity contribution in [1.82, 2.24) is 21.3 Å². The maximum Gasteiger partial charge on any atom is 0.408 e. The van der Waals surface area contributed by atoms with Gasteiger partial charge in [-0.1, -0.05) is 149 Å². The molecule has 4 amide bonds. The van der Waals surface area contributed by atoms with Crippen LogP contribution in [-0.2, 0) is 38.6 Å². The Morgan fingerprint density at radius 3 is 1.71 bits per heavy atom. The maximum absolute atomic E-state index is 14.5. The van der Waals surface area contributed by atoms with Crippen LogP contribution in [-0.4, -0.2) is 70.9 Å². The number of carbonyl (C=O) groups is 4. The van der Waals surface area contributed by atoms with Crippen molar-refractivity contribution in [1.29, 1.82) is 0 Å². The molecule has 0 aromatic heterocycles. The summed E-state index contributed by atoms with van der Waals surface area (Å²) < 4.78 is 5.54. The predicted octanol–water partition coefficient (Wildman–Crippen LogP) is 6.36. The van der Waals surface area contributed by atoms with Gasteiger partial charge in [0.15, 0.2) is 0 Å². The molecule has 0 aliphatic carbocycles. The number of aliphatic hydroxyl groups excluding tert-OH is 2. The van der Waals surface area contributed by atoms with E-state index in [2.05, 4.69) is 21.3 Å². The van der Waals surface area contributed by atoms with Gasteiger partial charge in [0.2, 0.25) is 17.7 Å². The zero-order valence-electron chi connectivity index (χ0n) is 34.4. The fourth-order valence-electron chi connectivity index (χ4n) is 7.33. The number of hydrogen-bond acceptors (Lipinski definition) is 7. The minimum atomic E-state index is -1.26. The summed E-state index contributed by atoms with van der Waals surface area (Å²) in [5.74, 6) is -1.54. The highest BCUT2D eigenvalue weighted by atomic mass is 16.5. The number of hydrogen-bond donors (Lipinski definition) is 6. The van der Waals surface area contributed by atoms with Crippen LogP contribution >= 0.6 is 0 Å². The van der Waals surface area contributed by atoms with Gasteiger partial charge in [0.1, 0.15) is 18.7 Å². The molecule has 6 atom stereocenters. The van der Waals surface area contributed by atoms with Crippen LogP contribution in [0.4, 0.5) is 4.79 Å². The summed E-state index contributed by atoms with van der Waals surface area (Å²) in [6.45, 7) is 7.56. The SMILES string of the molecule is CCC(C)[C@@H](CO)NC(=O)CC(O)C(CC(C)C)NC(=O)[C@H](Cc1cccc2ccccc12)NC(=O)[C@H](Cc1cccc2ccccc12)NC(=O)OCc1ccccc1. The van der Waals surface area contributed by atoms with Crippen molar-refractivity contribution in [2.24, 2.45) is 11.8 Å². The van der Waals surface area contributed by atoms with E-state index in [1.165, 1.54) is 0 Å². The second kappa shape index (κ2) is 21.8. The van der Waals surface area contributed by atoms with Gasteiger partial charge < -0.3 is 36.2 Å². The van der Waals surface area contributed by atoms with Gasteiger partial charge in [-0.2, -0.15) is 0 Å². The molecule has 312 valence electrons. The van der Waals surface area contributed by atoms with Crippen LogP contribution in [0.15, 0.2) is 115 Å². The average molecular weight is 803 g/mol. The Morgan fingerprint density at radius 2 is 1.15 bits per heavy atom. The molecule has 0 saturated carbocycles. The summed E-state index contributed by atoms with van der Waals surface area (Å²) in [6.07, 6.45) is -1.06. The third kappa shape index (κ3) is 12.9. The predicted molar refractivity (Wildman–Crippen MR) is 231 cm³/mol. The first kappa shape index (κ1) is 44.3. The van der Waals surface area contributed by atoms with Gasteiger partial charge >= 0.3 is 6.09 Å². The van der Waals surface area contributed by atoms with E-state index >= 15 is 0 Å². The average Bonchev–Trinajstić information content (AvgIpc) is 3.24. The summed E-state index contributed by atoms with van der Waals surface area (Å²) in [5, 5.41) is 36.6. The topological polar surface area (TPSA) is 166 Å². The van der Waals surface area contributed by atoms with E-state index in [0.717, 1.165) is 44.7 Å². The monoisotopic (exact) mass is 802 g/mol. The Hall–Kier alpha value is -5.78. The second-order valence-corrected chi connectivity index (χ2v) is 15.8. The number of aliphatic hydroxyl groups is 2. The Morgan fingerprint density at radius 1 is 0.627 bits per heavy atom. The number of amides is 4. The molecule has 3 unspecified atom stereocenters. The fourth-order valence-corrected chi connectivity index (χ4v) is 7.33. The molecule has 11 heteroatoms. The third-order valence-electron chi connectivity index (χ3n) is 10.8. The molecule has 5 aromatic carbocycles. The number of alkyl carbamates (subject to hydrolysis) is 1. The Balaban J connectivity index is 1.43. The lowest BCUT2D eigenvalue weighted by Gasteiger charge is -2.30. The molecule has 0 fully saturated rings. The number of fused-ring (bicyclic) bond motifs is 2. The van der Waals surface area contributed by atoms with Crippen molar-refractivity contribution in [3.63, 3.8) is 0 Å². The molecular weight excluding hydrogens is 745 g/mol. The highest BCUT2D eigenvalue weighted by Gasteiger charge is 2.32. The van der Waals surface area contributed by atoms with E-state index in [4.69, 9.17) is 4.74 Å². The minimum absolute atomic E-state index is 0.00271. The molecule has 0 spiro atoms. The largest absolute Gasteiger partial charge is 0.445 e. The lowest BCUT2D eigenvalue weighted by Crippen LogP contribution is -2.57.